The molecule has 1 aliphatic rings. The van der Waals surface area contributed by atoms with Gasteiger partial charge in [0.15, 0.2) is 5.13 Å². The number of rotatable bonds is 2. The topological polar surface area (TPSA) is 68.0 Å². The fourth-order valence-electron chi connectivity index (χ4n) is 1.32. The van der Waals surface area contributed by atoms with E-state index in [0.29, 0.717) is 5.13 Å². The van der Waals surface area contributed by atoms with Crippen LogP contribution in [0.2, 0.25) is 0 Å². The van der Waals surface area contributed by atoms with Crippen LogP contribution in [0.15, 0.2) is 9.98 Å². The maximum Gasteiger partial charge on any atom is 0.246 e. The molecule has 14 heavy (non-hydrogen) atoms. The monoisotopic (exact) mass is 275 g/mol. The van der Waals surface area contributed by atoms with Gasteiger partial charge in [-0.05, 0) is 35.2 Å². The lowest BCUT2D eigenvalue weighted by atomic mass is 9.77. The molecular formula is C8H10BrN3OS. The van der Waals surface area contributed by atoms with Crippen LogP contribution in [0.3, 0.4) is 0 Å². The van der Waals surface area contributed by atoms with E-state index in [1.54, 1.807) is 6.20 Å². The molecule has 0 bridgehead atoms. The third kappa shape index (κ3) is 1.82. The zero-order valence-electron chi connectivity index (χ0n) is 7.42. The zero-order chi connectivity index (χ0) is 10.2. The molecule has 0 radical (unpaired) electrons. The van der Waals surface area contributed by atoms with Gasteiger partial charge in [-0.1, -0.05) is 11.3 Å². The standard InChI is InChI=1S/C8H10BrN3OS/c9-5-4-11-7(14-5)12-6(13)8(10)2-1-3-8/h4H,1-3,10H2,(H,11,12,13). The number of hydrogen-bond donors (Lipinski definition) is 2. The molecule has 1 aromatic rings. The van der Waals surface area contributed by atoms with Crippen LogP contribution in [0, 0.1) is 0 Å². The summed E-state index contributed by atoms with van der Waals surface area (Å²) >= 11 is 4.66. The summed E-state index contributed by atoms with van der Waals surface area (Å²) in [4.78, 5) is 15.7. The van der Waals surface area contributed by atoms with E-state index in [4.69, 9.17) is 5.73 Å². The van der Waals surface area contributed by atoms with Crippen LogP contribution in [0.4, 0.5) is 5.13 Å². The van der Waals surface area contributed by atoms with Gasteiger partial charge in [-0.3, -0.25) is 4.79 Å². The largest absolute Gasteiger partial charge is 0.317 e. The van der Waals surface area contributed by atoms with E-state index in [1.807, 2.05) is 0 Å². The van der Waals surface area contributed by atoms with Crippen molar-refractivity contribution in [2.24, 2.45) is 5.73 Å². The van der Waals surface area contributed by atoms with Crippen molar-refractivity contribution in [2.75, 3.05) is 5.32 Å². The molecule has 6 heteroatoms. The first kappa shape index (κ1) is 10.1. The van der Waals surface area contributed by atoms with Gasteiger partial charge >= 0.3 is 0 Å². The van der Waals surface area contributed by atoms with Crippen molar-refractivity contribution < 1.29 is 4.79 Å². The highest BCUT2D eigenvalue weighted by Gasteiger charge is 2.40. The normalized spacial score (nSPS) is 18.7. The van der Waals surface area contributed by atoms with Crippen molar-refractivity contribution in [2.45, 2.75) is 24.8 Å². The van der Waals surface area contributed by atoms with E-state index in [9.17, 15) is 4.79 Å². The first-order valence-electron chi connectivity index (χ1n) is 4.32. The molecule has 1 aliphatic carbocycles. The van der Waals surface area contributed by atoms with E-state index in [-0.39, 0.29) is 5.91 Å². The number of aromatic nitrogens is 1. The number of carbonyl (C=O) groups excluding carboxylic acids is 1. The summed E-state index contributed by atoms with van der Waals surface area (Å²) in [5, 5.41) is 3.31. The number of thiazole rings is 1. The molecule has 4 nitrogen and oxygen atoms in total. The van der Waals surface area contributed by atoms with Gasteiger partial charge in [-0.25, -0.2) is 4.98 Å². The second kappa shape index (κ2) is 3.60. The van der Waals surface area contributed by atoms with E-state index in [0.717, 1.165) is 23.0 Å². The van der Waals surface area contributed by atoms with Crippen LogP contribution < -0.4 is 11.1 Å². The molecule has 1 amide bonds. The lowest BCUT2D eigenvalue weighted by Crippen LogP contribution is -2.56. The Hall–Kier alpha value is -0.460. The molecule has 1 saturated carbocycles. The molecule has 76 valence electrons. The molecule has 1 aromatic heterocycles. The lowest BCUT2D eigenvalue weighted by Gasteiger charge is -2.35. The number of hydrogen-bond acceptors (Lipinski definition) is 4. The predicted molar refractivity (Wildman–Crippen MR) is 59.2 cm³/mol. The van der Waals surface area contributed by atoms with Gasteiger partial charge in [0.25, 0.3) is 0 Å². The van der Waals surface area contributed by atoms with Crippen LogP contribution in [-0.4, -0.2) is 16.4 Å². The van der Waals surface area contributed by atoms with Crippen molar-refractivity contribution >= 4 is 38.3 Å². The van der Waals surface area contributed by atoms with E-state index in [2.05, 4.69) is 26.2 Å². The Kier molecular flexibility index (Phi) is 2.59. The highest BCUT2D eigenvalue weighted by Crippen LogP contribution is 2.31. The highest BCUT2D eigenvalue weighted by atomic mass is 79.9. The van der Waals surface area contributed by atoms with Crippen molar-refractivity contribution in [3.8, 4) is 0 Å². The molecule has 1 heterocycles. The van der Waals surface area contributed by atoms with Gasteiger partial charge in [-0.15, -0.1) is 0 Å². The Labute approximate surface area is 94.0 Å². The lowest BCUT2D eigenvalue weighted by molar-refractivity contribution is -0.123. The van der Waals surface area contributed by atoms with Crippen molar-refractivity contribution in [1.29, 1.82) is 0 Å². The summed E-state index contributed by atoms with van der Waals surface area (Å²) in [5.74, 6) is -0.120. The van der Waals surface area contributed by atoms with Gasteiger partial charge in [0.2, 0.25) is 5.91 Å². The number of nitrogens with two attached hydrogens (primary N) is 1. The number of amides is 1. The minimum atomic E-state index is -0.655. The first-order valence-corrected chi connectivity index (χ1v) is 5.93. The Morgan fingerprint density at radius 3 is 2.86 bits per heavy atom. The van der Waals surface area contributed by atoms with Crippen molar-refractivity contribution in [3.63, 3.8) is 0 Å². The number of nitrogens with zero attached hydrogens (tertiary/aromatic N) is 1. The second-order valence-electron chi connectivity index (χ2n) is 3.43. The second-order valence-corrected chi connectivity index (χ2v) is 5.84. The zero-order valence-corrected chi connectivity index (χ0v) is 9.82. The summed E-state index contributed by atoms with van der Waals surface area (Å²) in [6.07, 6.45) is 4.23. The Balaban J connectivity index is 2.01. The fraction of sp³-hybridized carbons (Fsp3) is 0.500. The molecular weight excluding hydrogens is 266 g/mol. The van der Waals surface area contributed by atoms with Crippen LogP contribution in [-0.2, 0) is 4.79 Å². The maximum atomic E-state index is 11.6. The summed E-state index contributed by atoms with van der Waals surface area (Å²) in [6.45, 7) is 0. The average molecular weight is 276 g/mol. The maximum absolute atomic E-state index is 11.6. The molecule has 0 unspecified atom stereocenters. The quantitative estimate of drug-likeness (QED) is 0.864. The summed E-state index contributed by atoms with van der Waals surface area (Å²) in [7, 11) is 0. The molecule has 1 fully saturated rings. The summed E-state index contributed by atoms with van der Waals surface area (Å²) < 4.78 is 0.896. The molecule has 0 spiro atoms. The van der Waals surface area contributed by atoms with Gasteiger partial charge in [-0.2, -0.15) is 0 Å². The van der Waals surface area contributed by atoms with Crippen LogP contribution >= 0.6 is 27.3 Å². The van der Waals surface area contributed by atoms with Crippen LogP contribution in [0.1, 0.15) is 19.3 Å². The molecule has 2 rings (SSSR count). The van der Waals surface area contributed by atoms with E-state index < -0.39 is 5.54 Å². The Bertz CT molecular complexity index is 361. The predicted octanol–water partition coefficient (Wildman–Crippen LogP) is 1.73. The number of anilines is 1. The minimum Gasteiger partial charge on any atom is -0.317 e. The summed E-state index contributed by atoms with van der Waals surface area (Å²) in [6, 6.07) is 0. The van der Waals surface area contributed by atoms with Gasteiger partial charge < -0.3 is 11.1 Å². The SMILES string of the molecule is NC1(C(=O)Nc2ncc(Br)s2)CCC1. The van der Waals surface area contributed by atoms with Crippen LogP contribution in [0.5, 0.6) is 0 Å². The number of nitrogens with one attached hydrogen (secondary N) is 1. The minimum absolute atomic E-state index is 0.120. The van der Waals surface area contributed by atoms with Gasteiger partial charge in [0.05, 0.1) is 15.5 Å². The highest BCUT2D eigenvalue weighted by molar-refractivity contribution is 9.11. The fourth-order valence-corrected chi connectivity index (χ4v) is 2.42. The molecule has 0 aliphatic heterocycles. The van der Waals surface area contributed by atoms with Crippen LogP contribution in [0.25, 0.3) is 0 Å². The molecule has 0 saturated heterocycles. The molecule has 0 atom stereocenters. The van der Waals surface area contributed by atoms with Crippen molar-refractivity contribution in [3.05, 3.63) is 9.98 Å². The Morgan fingerprint density at radius 2 is 2.43 bits per heavy atom. The van der Waals surface area contributed by atoms with E-state index in [1.165, 1.54) is 11.3 Å². The number of carbonyl (C=O) groups is 1. The smallest absolute Gasteiger partial charge is 0.246 e. The number of halogens is 1. The molecule has 0 aromatic carbocycles. The van der Waals surface area contributed by atoms with Gasteiger partial charge in [0.1, 0.15) is 0 Å². The third-order valence-electron chi connectivity index (χ3n) is 2.40. The first-order chi connectivity index (χ1) is 6.60. The van der Waals surface area contributed by atoms with E-state index >= 15 is 0 Å². The molecule has 3 N–H and O–H groups in total. The van der Waals surface area contributed by atoms with Gasteiger partial charge in [0, 0.05) is 0 Å². The summed E-state index contributed by atoms with van der Waals surface area (Å²) in [5.41, 5.74) is 5.20. The average Bonchev–Trinajstić information content (AvgIpc) is 2.47. The third-order valence-corrected chi connectivity index (χ3v) is 3.79. The Morgan fingerprint density at radius 1 is 1.71 bits per heavy atom. The van der Waals surface area contributed by atoms with Crippen molar-refractivity contribution in [1.82, 2.24) is 4.98 Å².